The molecule has 2 rings (SSSR count). The highest BCUT2D eigenvalue weighted by atomic mass is 32.2. The number of allylic oxidation sites excluding steroid dienone is 2. The molecule has 0 radical (unpaired) electrons. The van der Waals surface area contributed by atoms with Gasteiger partial charge >= 0.3 is 0 Å². The molecule has 4 nitrogen and oxygen atoms in total. The first-order valence-electron chi connectivity index (χ1n) is 3.32. The lowest BCUT2D eigenvalue weighted by molar-refractivity contribution is -0.943. The third-order valence-corrected chi connectivity index (χ3v) is 2.57. The number of fused-ring (bicyclic) bond motifs is 1. The zero-order valence-corrected chi connectivity index (χ0v) is 6.62. The average Bonchev–Trinajstić information content (AvgIpc) is 2.21. The van der Waals surface area contributed by atoms with Crippen molar-refractivity contribution < 1.29 is 9.42 Å². The van der Waals surface area contributed by atoms with E-state index in [4.69, 9.17) is 5.21 Å². The molecule has 0 aromatic carbocycles. The molecule has 0 aromatic rings. The van der Waals surface area contributed by atoms with Gasteiger partial charge in [0.25, 0.3) is 0 Å². The smallest absolute Gasteiger partial charge is 0.239 e. The first-order chi connectivity index (χ1) is 5.17. The number of quaternary nitrogens is 1. The minimum atomic E-state index is -1.23. The summed E-state index contributed by atoms with van der Waals surface area (Å²) < 4.78 is 0.570. The fraction of sp³-hybridized carbons (Fsp3) is 0.333. The molecular formula is C6H8N2O2S. The van der Waals surface area contributed by atoms with Gasteiger partial charge < -0.3 is 5.21 Å². The number of hydrogen-bond donors (Lipinski definition) is 1. The maximum atomic E-state index is 11.0. The van der Waals surface area contributed by atoms with E-state index >= 15 is 0 Å². The Bertz CT molecular complexity index is 237. The fourth-order valence-corrected chi connectivity index (χ4v) is 2.02. The van der Waals surface area contributed by atoms with Gasteiger partial charge in [-0.25, -0.2) is 5.21 Å². The van der Waals surface area contributed by atoms with E-state index in [0.29, 0.717) is 6.54 Å². The van der Waals surface area contributed by atoms with E-state index in [-0.39, 0.29) is 6.54 Å². The molecule has 11 heavy (non-hydrogen) atoms. The van der Waals surface area contributed by atoms with Gasteiger partial charge in [0.15, 0.2) is 6.54 Å². The van der Waals surface area contributed by atoms with Crippen molar-refractivity contribution in [2.45, 2.75) is 0 Å². The van der Waals surface area contributed by atoms with Crippen molar-refractivity contribution in [2.24, 2.45) is 0 Å². The molecule has 1 unspecified atom stereocenters. The molecule has 2 aliphatic heterocycles. The van der Waals surface area contributed by atoms with Gasteiger partial charge in [-0.15, -0.1) is 4.21 Å². The lowest BCUT2D eigenvalue weighted by atomic mass is 10.3. The van der Waals surface area contributed by atoms with Crippen LogP contribution in [-0.2, 0) is 0 Å². The Labute approximate surface area is 68.8 Å². The molecule has 0 spiro atoms. The zero-order chi connectivity index (χ0) is 7.90. The maximum absolute atomic E-state index is 11.0. The summed E-state index contributed by atoms with van der Waals surface area (Å²) in [5.41, 5.74) is 0.898. The van der Waals surface area contributed by atoms with Crippen molar-refractivity contribution in [3.05, 3.63) is 29.1 Å². The van der Waals surface area contributed by atoms with E-state index in [1.54, 1.807) is 4.31 Å². The molecule has 2 heterocycles. The van der Waals surface area contributed by atoms with E-state index in [1.807, 2.05) is 18.2 Å². The molecule has 2 aliphatic rings. The van der Waals surface area contributed by atoms with Gasteiger partial charge in [0, 0.05) is 0 Å². The Morgan fingerprint density at radius 2 is 2.55 bits per heavy atom. The van der Waals surface area contributed by atoms with Crippen molar-refractivity contribution in [3.8, 4) is 0 Å². The highest BCUT2D eigenvalue weighted by Gasteiger charge is 2.35. The average molecular weight is 172 g/mol. The molecule has 1 saturated heterocycles. The third-order valence-electron chi connectivity index (χ3n) is 1.60. The lowest BCUT2D eigenvalue weighted by Crippen LogP contribution is -2.26. The van der Waals surface area contributed by atoms with Gasteiger partial charge in [-0.2, -0.15) is 0 Å². The van der Waals surface area contributed by atoms with Gasteiger partial charge in [-0.05, 0) is 6.08 Å². The van der Waals surface area contributed by atoms with Crippen molar-refractivity contribution in [3.63, 3.8) is 0 Å². The summed E-state index contributed by atoms with van der Waals surface area (Å²) in [7, 11) is 0. The molecular weight excluding hydrogens is 164 g/mol. The van der Waals surface area contributed by atoms with Crippen LogP contribution < -0.4 is 0 Å². The molecule has 60 valence electrons. The predicted octanol–water partition coefficient (Wildman–Crippen LogP) is 1.02. The number of hydroxylamine groups is 2. The van der Waals surface area contributed by atoms with E-state index in [0.717, 1.165) is 17.8 Å². The quantitative estimate of drug-likeness (QED) is 0.336. The fourth-order valence-electron chi connectivity index (χ4n) is 1.14. The van der Waals surface area contributed by atoms with Gasteiger partial charge in [-0.3, -0.25) is 4.31 Å². The predicted molar refractivity (Wildman–Crippen MR) is 41.8 cm³/mol. The van der Waals surface area contributed by atoms with Crippen molar-refractivity contribution >= 4 is 12.1 Å². The number of rotatable bonds is 0. The molecule has 1 N–H and O–H groups in total. The van der Waals surface area contributed by atoms with Crippen LogP contribution in [-0.4, -0.2) is 26.8 Å². The first kappa shape index (κ1) is 7.17. The summed E-state index contributed by atoms with van der Waals surface area (Å²) in [4.78, 5) is 0. The molecule has 0 aromatic heterocycles. The van der Waals surface area contributed by atoms with Crippen LogP contribution in [0.25, 0.3) is 0 Å². The van der Waals surface area contributed by atoms with Crippen LogP contribution in [0.4, 0.5) is 0 Å². The summed E-state index contributed by atoms with van der Waals surface area (Å²) in [5.74, 6) is 0. The van der Waals surface area contributed by atoms with Crippen LogP contribution in [0.5, 0.6) is 0 Å². The van der Waals surface area contributed by atoms with Crippen LogP contribution in [0.2, 0.25) is 0 Å². The van der Waals surface area contributed by atoms with Gasteiger partial charge in [-0.1, -0.05) is 12.2 Å². The first-order valence-corrected chi connectivity index (χ1v) is 4.05. The topological polar surface area (TPSA) is 46.5 Å². The summed E-state index contributed by atoms with van der Waals surface area (Å²) in [6, 6.07) is 0. The standard InChI is InChI=1S/C6H8N2O2S/c9-8(10)5-6-3-1-2-4-7(6)11-8/h1-3,9H,4-5H2. The van der Waals surface area contributed by atoms with E-state index in [1.165, 1.54) is 0 Å². The second kappa shape index (κ2) is 2.25. The highest BCUT2D eigenvalue weighted by Crippen LogP contribution is 2.36. The van der Waals surface area contributed by atoms with Crippen LogP contribution in [0.3, 0.4) is 0 Å². The van der Waals surface area contributed by atoms with Crippen molar-refractivity contribution in [2.75, 3.05) is 13.1 Å². The lowest BCUT2D eigenvalue weighted by Gasteiger charge is -2.22. The SMILES string of the molecule is [O-][N+]1(O)CC2=CC=CCN2S1. The van der Waals surface area contributed by atoms with Gasteiger partial charge in [0.05, 0.1) is 12.2 Å². The minimum absolute atomic E-state index is 0.148. The molecule has 0 amide bonds. The number of hydrogen-bond acceptors (Lipinski definition) is 4. The van der Waals surface area contributed by atoms with E-state index < -0.39 is 4.21 Å². The maximum Gasteiger partial charge on any atom is 0.239 e. The summed E-state index contributed by atoms with van der Waals surface area (Å²) >= 11 is 0.903. The molecule has 1 fully saturated rings. The largest absolute Gasteiger partial charge is 0.585 e. The Hall–Kier alpha value is -0.490. The zero-order valence-electron chi connectivity index (χ0n) is 5.80. The summed E-state index contributed by atoms with van der Waals surface area (Å²) in [6.07, 6.45) is 5.70. The monoisotopic (exact) mass is 172 g/mol. The van der Waals surface area contributed by atoms with Crippen molar-refractivity contribution in [1.82, 2.24) is 4.31 Å². The Morgan fingerprint density at radius 1 is 1.73 bits per heavy atom. The van der Waals surface area contributed by atoms with Crippen LogP contribution in [0.1, 0.15) is 0 Å². The van der Waals surface area contributed by atoms with Gasteiger partial charge in [0.1, 0.15) is 0 Å². The van der Waals surface area contributed by atoms with Crippen molar-refractivity contribution in [1.29, 1.82) is 0 Å². The molecule has 1 atom stereocenters. The Balaban J connectivity index is 2.21. The van der Waals surface area contributed by atoms with Crippen LogP contribution >= 0.6 is 12.1 Å². The normalized spacial score (nSPS) is 35.5. The van der Waals surface area contributed by atoms with Gasteiger partial charge in [0.2, 0.25) is 12.1 Å². The molecule has 0 bridgehead atoms. The van der Waals surface area contributed by atoms with Crippen LogP contribution in [0.15, 0.2) is 23.9 Å². The Kier molecular flexibility index (Phi) is 1.47. The second-order valence-electron chi connectivity index (χ2n) is 2.52. The molecule has 0 saturated carbocycles. The summed E-state index contributed by atoms with van der Waals surface area (Å²) in [5, 5.41) is 20.1. The number of nitrogens with zero attached hydrogens (tertiary/aromatic N) is 2. The molecule has 5 heteroatoms. The van der Waals surface area contributed by atoms with E-state index in [9.17, 15) is 5.21 Å². The Morgan fingerprint density at radius 3 is 3.27 bits per heavy atom. The highest BCUT2D eigenvalue weighted by molar-refractivity contribution is 7.91. The summed E-state index contributed by atoms with van der Waals surface area (Å²) in [6.45, 7) is 0.855. The van der Waals surface area contributed by atoms with Crippen LogP contribution in [0, 0.1) is 5.21 Å². The minimum Gasteiger partial charge on any atom is -0.585 e. The third kappa shape index (κ3) is 1.28. The molecule has 0 aliphatic carbocycles. The van der Waals surface area contributed by atoms with E-state index in [2.05, 4.69) is 0 Å². The second-order valence-corrected chi connectivity index (χ2v) is 3.70.